The van der Waals surface area contributed by atoms with E-state index in [1.54, 1.807) is 0 Å². The molecule has 0 aromatic heterocycles. The van der Waals surface area contributed by atoms with Crippen molar-refractivity contribution >= 4 is 11.6 Å². The molecule has 0 saturated carbocycles. The van der Waals surface area contributed by atoms with E-state index in [4.69, 9.17) is 5.73 Å². The summed E-state index contributed by atoms with van der Waals surface area (Å²) in [4.78, 5) is 14.0. The molecule has 1 aromatic carbocycles. The predicted octanol–water partition coefficient (Wildman–Crippen LogP) is 2.06. The van der Waals surface area contributed by atoms with Crippen molar-refractivity contribution < 1.29 is 4.79 Å². The Labute approximate surface area is 116 Å². The van der Waals surface area contributed by atoms with Gasteiger partial charge in [0.1, 0.15) is 0 Å². The van der Waals surface area contributed by atoms with E-state index in [1.807, 2.05) is 52.2 Å². The van der Waals surface area contributed by atoms with Gasteiger partial charge in [-0.3, -0.25) is 4.79 Å². The maximum Gasteiger partial charge on any atom is 0.241 e. The van der Waals surface area contributed by atoms with Crippen LogP contribution >= 0.6 is 0 Å². The van der Waals surface area contributed by atoms with E-state index < -0.39 is 6.04 Å². The minimum Gasteiger partial charge on any atom is -0.325 e. The van der Waals surface area contributed by atoms with Gasteiger partial charge in [0.2, 0.25) is 5.91 Å². The summed E-state index contributed by atoms with van der Waals surface area (Å²) in [5.74, 6) is 0.0720. The minimum absolute atomic E-state index is 0.116. The summed E-state index contributed by atoms with van der Waals surface area (Å²) < 4.78 is 0. The van der Waals surface area contributed by atoms with Gasteiger partial charge in [-0.05, 0) is 37.7 Å². The maximum atomic E-state index is 11.9. The summed E-state index contributed by atoms with van der Waals surface area (Å²) >= 11 is 0. The van der Waals surface area contributed by atoms with Gasteiger partial charge in [0.15, 0.2) is 0 Å². The average molecular weight is 263 g/mol. The number of rotatable bonds is 6. The van der Waals surface area contributed by atoms with Crippen LogP contribution in [0.4, 0.5) is 5.69 Å². The Bertz CT molecular complexity index is 400. The van der Waals surface area contributed by atoms with Crippen LogP contribution in [0.3, 0.4) is 0 Å². The summed E-state index contributed by atoms with van der Waals surface area (Å²) in [6.07, 6.45) is 0.899. The monoisotopic (exact) mass is 263 g/mol. The molecule has 4 nitrogen and oxygen atoms in total. The summed E-state index contributed by atoms with van der Waals surface area (Å²) in [5, 5.41) is 2.86. The lowest BCUT2D eigenvalue weighted by atomic mass is 9.99. The molecule has 4 heteroatoms. The van der Waals surface area contributed by atoms with Gasteiger partial charge in [-0.1, -0.05) is 32.4 Å². The Balaban J connectivity index is 2.60. The number of anilines is 1. The smallest absolute Gasteiger partial charge is 0.241 e. The second-order valence-electron chi connectivity index (χ2n) is 5.34. The highest BCUT2D eigenvalue weighted by atomic mass is 16.2. The fourth-order valence-corrected chi connectivity index (χ4v) is 1.80. The minimum atomic E-state index is -0.452. The topological polar surface area (TPSA) is 58.4 Å². The maximum absolute atomic E-state index is 11.9. The van der Waals surface area contributed by atoms with E-state index in [0.29, 0.717) is 0 Å². The van der Waals surface area contributed by atoms with Crippen molar-refractivity contribution in [1.29, 1.82) is 0 Å². The van der Waals surface area contributed by atoms with Crippen LogP contribution in [0.2, 0.25) is 0 Å². The number of nitrogens with one attached hydrogen (secondary N) is 1. The standard InChI is InChI=1S/C15H25N3O/c1-5-11(2)14(16)15(19)17-13-8-6-12(7-9-13)10-18(3)4/h6-9,11,14H,5,10,16H2,1-4H3,(H,17,19)/t11-,14-/m0/s1. The van der Waals surface area contributed by atoms with Crippen LogP contribution < -0.4 is 11.1 Å². The molecular weight excluding hydrogens is 238 g/mol. The van der Waals surface area contributed by atoms with Crippen molar-refractivity contribution in [3.05, 3.63) is 29.8 Å². The van der Waals surface area contributed by atoms with Crippen LogP contribution in [0.15, 0.2) is 24.3 Å². The first-order chi connectivity index (χ1) is 8.93. The molecule has 1 aromatic rings. The number of hydrogen-bond acceptors (Lipinski definition) is 3. The Hall–Kier alpha value is -1.39. The van der Waals surface area contributed by atoms with Crippen LogP contribution in [0.25, 0.3) is 0 Å². The van der Waals surface area contributed by atoms with E-state index in [1.165, 1.54) is 5.56 Å². The van der Waals surface area contributed by atoms with Crippen LogP contribution in [0, 0.1) is 5.92 Å². The first kappa shape index (κ1) is 15.7. The van der Waals surface area contributed by atoms with Gasteiger partial charge in [0.05, 0.1) is 6.04 Å². The molecule has 0 bridgehead atoms. The first-order valence-corrected chi connectivity index (χ1v) is 6.74. The van der Waals surface area contributed by atoms with Gasteiger partial charge < -0.3 is 16.0 Å². The molecule has 0 saturated heterocycles. The first-order valence-electron chi connectivity index (χ1n) is 6.74. The molecule has 106 valence electrons. The molecule has 1 rings (SSSR count). The molecule has 3 N–H and O–H groups in total. The van der Waals surface area contributed by atoms with Gasteiger partial charge in [-0.15, -0.1) is 0 Å². The SMILES string of the molecule is CC[C@H](C)[C@H](N)C(=O)Nc1ccc(CN(C)C)cc1. The van der Waals surface area contributed by atoms with E-state index >= 15 is 0 Å². The Kier molecular flexibility index (Phi) is 5.99. The lowest BCUT2D eigenvalue weighted by Gasteiger charge is -2.18. The van der Waals surface area contributed by atoms with Gasteiger partial charge in [-0.2, -0.15) is 0 Å². The average Bonchev–Trinajstić information content (AvgIpc) is 2.38. The number of amides is 1. The Morgan fingerprint density at radius 2 is 1.89 bits per heavy atom. The van der Waals surface area contributed by atoms with Crippen molar-refractivity contribution in [3.63, 3.8) is 0 Å². The number of benzene rings is 1. The molecule has 0 radical (unpaired) electrons. The lowest BCUT2D eigenvalue weighted by molar-refractivity contribution is -0.118. The fourth-order valence-electron chi connectivity index (χ4n) is 1.80. The Morgan fingerprint density at radius 3 is 2.37 bits per heavy atom. The summed E-state index contributed by atoms with van der Waals surface area (Å²) in [6.45, 7) is 4.92. The fraction of sp³-hybridized carbons (Fsp3) is 0.533. The van der Waals surface area contributed by atoms with Crippen molar-refractivity contribution in [3.8, 4) is 0 Å². The van der Waals surface area contributed by atoms with Crippen molar-refractivity contribution in [2.45, 2.75) is 32.9 Å². The van der Waals surface area contributed by atoms with Crippen LogP contribution in [-0.2, 0) is 11.3 Å². The third-order valence-corrected chi connectivity index (χ3v) is 3.28. The van der Waals surface area contributed by atoms with Crippen molar-refractivity contribution in [2.24, 2.45) is 11.7 Å². The van der Waals surface area contributed by atoms with Gasteiger partial charge >= 0.3 is 0 Å². The normalized spacial score (nSPS) is 14.2. The van der Waals surface area contributed by atoms with E-state index in [-0.39, 0.29) is 11.8 Å². The number of nitrogens with two attached hydrogens (primary N) is 1. The van der Waals surface area contributed by atoms with Gasteiger partial charge in [-0.25, -0.2) is 0 Å². The zero-order valence-corrected chi connectivity index (χ0v) is 12.3. The second-order valence-corrected chi connectivity index (χ2v) is 5.34. The third-order valence-electron chi connectivity index (χ3n) is 3.28. The number of carbonyl (C=O) groups is 1. The second kappa shape index (κ2) is 7.26. The zero-order chi connectivity index (χ0) is 14.4. The van der Waals surface area contributed by atoms with Crippen LogP contribution in [0.5, 0.6) is 0 Å². The molecule has 0 unspecified atom stereocenters. The number of hydrogen-bond donors (Lipinski definition) is 2. The number of nitrogens with zero attached hydrogens (tertiary/aromatic N) is 1. The highest BCUT2D eigenvalue weighted by molar-refractivity contribution is 5.94. The van der Waals surface area contributed by atoms with E-state index in [0.717, 1.165) is 18.7 Å². The van der Waals surface area contributed by atoms with Gasteiger partial charge in [0, 0.05) is 12.2 Å². The molecule has 0 aliphatic carbocycles. The van der Waals surface area contributed by atoms with Crippen molar-refractivity contribution in [2.75, 3.05) is 19.4 Å². The summed E-state index contributed by atoms with van der Waals surface area (Å²) in [6, 6.07) is 7.42. The predicted molar refractivity (Wildman–Crippen MR) is 79.9 cm³/mol. The molecule has 0 heterocycles. The van der Waals surface area contributed by atoms with Crippen LogP contribution in [0.1, 0.15) is 25.8 Å². The van der Waals surface area contributed by atoms with E-state index in [9.17, 15) is 4.79 Å². The lowest BCUT2D eigenvalue weighted by Crippen LogP contribution is -2.40. The molecular formula is C15H25N3O. The zero-order valence-electron chi connectivity index (χ0n) is 12.3. The molecule has 0 aliphatic heterocycles. The molecule has 2 atom stereocenters. The Morgan fingerprint density at radius 1 is 1.32 bits per heavy atom. The van der Waals surface area contributed by atoms with E-state index in [2.05, 4.69) is 10.2 Å². The largest absolute Gasteiger partial charge is 0.325 e. The molecule has 0 spiro atoms. The summed E-state index contributed by atoms with van der Waals surface area (Å²) in [5.41, 5.74) is 7.91. The van der Waals surface area contributed by atoms with Gasteiger partial charge in [0.25, 0.3) is 0 Å². The highest BCUT2D eigenvalue weighted by Gasteiger charge is 2.19. The summed E-state index contributed by atoms with van der Waals surface area (Å²) in [7, 11) is 4.06. The van der Waals surface area contributed by atoms with Crippen molar-refractivity contribution in [1.82, 2.24) is 4.90 Å². The van der Waals surface area contributed by atoms with Crippen LogP contribution in [-0.4, -0.2) is 30.9 Å². The molecule has 19 heavy (non-hydrogen) atoms. The molecule has 0 aliphatic rings. The molecule has 0 fully saturated rings. The quantitative estimate of drug-likeness (QED) is 0.826. The molecule has 1 amide bonds. The third kappa shape index (κ3) is 5.01. The number of carbonyl (C=O) groups excluding carboxylic acids is 1. The highest BCUT2D eigenvalue weighted by Crippen LogP contribution is 2.13.